The number of carbonyl (C=O) groups is 2. The van der Waals surface area contributed by atoms with Crippen molar-refractivity contribution in [1.82, 2.24) is 9.78 Å². The van der Waals surface area contributed by atoms with E-state index in [2.05, 4.69) is 55.5 Å². The maximum absolute atomic E-state index is 11.6. The number of anilines is 1. The Morgan fingerprint density at radius 3 is 1.93 bits per heavy atom. The van der Waals surface area contributed by atoms with Gasteiger partial charge < -0.3 is 11.5 Å². The summed E-state index contributed by atoms with van der Waals surface area (Å²) in [5.74, 6) is -0.674. The molecule has 0 unspecified atom stereocenters. The summed E-state index contributed by atoms with van der Waals surface area (Å²) >= 11 is 0. The summed E-state index contributed by atoms with van der Waals surface area (Å²) in [5, 5.41) is 6.49. The van der Waals surface area contributed by atoms with Gasteiger partial charge in [0.25, 0.3) is 5.91 Å². The van der Waals surface area contributed by atoms with E-state index in [-0.39, 0.29) is 16.8 Å². The van der Waals surface area contributed by atoms with E-state index in [9.17, 15) is 9.59 Å². The summed E-state index contributed by atoms with van der Waals surface area (Å²) in [7, 11) is 0. The Morgan fingerprint density at radius 1 is 0.929 bits per heavy atom. The molecule has 144 valence electrons. The van der Waals surface area contributed by atoms with Crippen molar-refractivity contribution in [3.63, 3.8) is 0 Å². The topological polar surface area (TPSA) is 116 Å². The molecule has 0 saturated carbocycles. The molecule has 0 bridgehead atoms. The van der Waals surface area contributed by atoms with Crippen LogP contribution in [0.1, 0.15) is 36.7 Å². The summed E-state index contributed by atoms with van der Waals surface area (Å²) in [6.07, 6.45) is 1.46. The third-order valence-corrected chi connectivity index (χ3v) is 4.44. The van der Waals surface area contributed by atoms with Gasteiger partial charge >= 0.3 is 6.03 Å². The number of amides is 3. The van der Waals surface area contributed by atoms with Crippen molar-refractivity contribution >= 4 is 17.8 Å². The predicted molar refractivity (Wildman–Crippen MR) is 109 cm³/mol. The van der Waals surface area contributed by atoms with Gasteiger partial charge in [-0.2, -0.15) is 0 Å². The summed E-state index contributed by atoms with van der Waals surface area (Å²) < 4.78 is 1.47. The molecule has 0 saturated heterocycles. The van der Waals surface area contributed by atoms with Gasteiger partial charge in [-0.05, 0) is 34.2 Å². The van der Waals surface area contributed by atoms with E-state index in [4.69, 9.17) is 11.5 Å². The van der Waals surface area contributed by atoms with Crippen LogP contribution in [-0.4, -0.2) is 21.7 Å². The maximum Gasteiger partial charge on any atom is 0.317 e. The standard InChI is InChI=1S/C21H23N5O2/c1-21(2,3)15-8-4-13(5-9-15)14-6-10-16(11-7-14)26-12-17(18(22)27)19(25-26)24-20(23)28/h4-12H,1-3H3,(H2,22,27)(H3,23,24,25,28). The number of hydrogen-bond donors (Lipinski definition) is 3. The first kappa shape index (κ1) is 19.2. The van der Waals surface area contributed by atoms with Crippen molar-refractivity contribution in [2.24, 2.45) is 11.5 Å². The number of nitrogens with zero attached hydrogens (tertiary/aromatic N) is 2. The lowest BCUT2D eigenvalue weighted by atomic mass is 9.86. The first-order valence-corrected chi connectivity index (χ1v) is 8.82. The molecule has 0 aliphatic carbocycles. The molecule has 1 aromatic heterocycles. The molecule has 3 aromatic rings. The highest BCUT2D eigenvalue weighted by Crippen LogP contribution is 2.27. The first-order chi connectivity index (χ1) is 13.1. The number of urea groups is 1. The number of carbonyl (C=O) groups excluding carboxylic acids is 2. The smallest absolute Gasteiger partial charge is 0.317 e. The van der Waals surface area contributed by atoms with Gasteiger partial charge in [0.05, 0.1) is 5.69 Å². The lowest BCUT2D eigenvalue weighted by Gasteiger charge is -2.19. The highest BCUT2D eigenvalue weighted by Gasteiger charge is 2.16. The van der Waals surface area contributed by atoms with E-state index >= 15 is 0 Å². The van der Waals surface area contributed by atoms with Crippen LogP contribution in [0.4, 0.5) is 10.6 Å². The number of benzene rings is 2. The van der Waals surface area contributed by atoms with E-state index in [1.807, 2.05) is 24.3 Å². The molecule has 7 nitrogen and oxygen atoms in total. The maximum atomic E-state index is 11.6. The van der Waals surface area contributed by atoms with Gasteiger partial charge in [0, 0.05) is 6.20 Å². The van der Waals surface area contributed by atoms with Gasteiger partial charge in [0.15, 0.2) is 5.82 Å². The van der Waals surface area contributed by atoms with Crippen molar-refractivity contribution in [3.8, 4) is 16.8 Å². The molecule has 2 aromatic carbocycles. The molecule has 0 atom stereocenters. The number of hydrogen-bond acceptors (Lipinski definition) is 3. The molecule has 1 heterocycles. The largest absolute Gasteiger partial charge is 0.365 e. The summed E-state index contributed by atoms with van der Waals surface area (Å²) in [6, 6.07) is 15.3. The second-order valence-corrected chi connectivity index (χ2v) is 7.56. The monoisotopic (exact) mass is 377 g/mol. The second-order valence-electron chi connectivity index (χ2n) is 7.56. The Hall–Kier alpha value is -3.61. The molecule has 0 aliphatic rings. The molecular formula is C21H23N5O2. The molecule has 0 aliphatic heterocycles. The lowest BCUT2D eigenvalue weighted by molar-refractivity contribution is 0.100. The van der Waals surface area contributed by atoms with Crippen LogP contribution in [0.25, 0.3) is 16.8 Å². The SMILES string of the molecule is CC(C)(C)c1ccc(-c2ccc(-n3cc(C(N)=O)c(NC(N)=O)n3)cc2)cc1. The fraction of sp³-hybridized carbons (Fsp3) is 0.190. The van der Waals surface area contributed by atoms with Crippen LogP contribution in [-0.2, 0) is 5.41 Å². The van der Waals surface area contributed by atoms with Crippen LogP contribution in [0.3, 0.4) is 0 Å². The van der Waals surface area contributed by atoms with Crippen molar-refractivity contribution in [2.45, 2.75) is 26.2 Å². The van der Waals surface area contributed by atoms with Gasteiger partial charge in [0.2, 0.25) is 0 Å². The second kappa shape index (κ2) is 7.19. The van der Waals surface area contributed by atoms with Crippen molar-refractivity contribution in [3.05, 3.63) is 65.9 Å². The molecular weight excluding hydrogens is 354 g/mol. The van der Waals surface area contributed by atoms with Crippen LogP contribution in [0.2, 0.25) is 0 Å². The molecule has 0 fully saturated rings. The molecule has 0 spiro atoms. The summed E-state index contributed by atoms with van der Waals surface area (Å²) in [5.41, 5.74) is 14.8. The highest BCUT2D eigenvalue weighted by atomic mass is 16.2. The number of primary amides is 2. The zero-order chi connectivity index (χ0) is 20.5. The van der Waals surface area contributed by atoms with Gasteiger partial charge in [-0.1, -0.05) is 57.2 Å². The normalized spacial score (nSPS) is 11.2. The highest BCUT2D eigenvalue weighted by molar-refractivity contribution is 6.01. The summed E-state index contributed by atoms with van der Waals surface area (Å²) in [6.45, 7) is 6.55. The fourth-order valence-electron chi connectivity index (χ4n) is 2.86. The van der Waals surface area contributed by atoms with Gasteiger partial charge in [-0.25, -0.2) is 9.48 Å². The third-order valence-electron chi connectivity index (χ3n) is 4.44. The van der Waals surface area contributed by atoms with Crippen molar-refractivity contribution < 1.29 is 9.59 Å². The molecule has 3 rings (SSSR count). The minimum Gasteiger partial charge on any atom is -0.365 e. The minimum atomic E-state index is -0.818. The van der Waals surface area contributed by atoms with Crippen LogP contribution >= 0.6 is 0 Å². The predicted octanol–water partition coefficient (Wildman–Crippen LogP) is 3.43. The molecule has 28 heavy (non-hydrogen) atoms. The van der Waals surface area contributed by atoms with E-state index < -0.39 is 11.9 Å². The number of aromatic nitrogens is 2. The lowest BCUT2D eigenvalue weighted by Crippen LogP contribution is -2.22. The minimum absolute atomic E-state index is 0.0295. The van der Waals surface area contributed by atoms with Gasteiger partial charge in [0.1, 0.15) is 5.56 Å². The number of nitrogens with one attached hydrogen (secondary N) is 1. The Bertz CT molecular complexity index is 1010. The number of rotatable bonds is 4. The van der Waals surface area contributed by atoms with E-state index in [1.165, 1.54) is 16.4 Å². The quantitative estimate of drug-likeness (QED) is 0.647. The Kier molecular flexibility index (Phi) is 4.92. The zero-order valence-electron chi connectivity index (χ0n) is 16.1. The molecule has 3 amide bonds. The van der Waals surface area contributed by atoms with Crippen molar-refractivity contribution in [1.29, 1.82) is 0 Å². The molecule has 7 heteroatoms. The van der Waals surface area contributed by atoms with E-state index in [0.717, 1.165) is 16.8 Å². The summed E-state index contributed by atoms with van der Waals surface area (Å²) in [4.78, 5) is 22.6. The van der Waals surface area contributed by atoms with E-state index in [1.54, 1.807) is 0 Å². The first-order valence-electron chi connectivity index (χ1n) is 8.82. The van der Waals surface area contributed by atoms with Crippen LogP contribution in [0.5, 0.6) is 0 Å². The average molecular weight is 377 g/mol. The zero-order valence-corrected chi connectivity index (χ0v) is 16.1. The van der Waals surface area contributed by atoms with Gasteiger partial charge in [-0.15, -0.1) is 5.10 Å². The van der Waals surface area contributed by atoms with Crippen LogP contribution in [0.15, 0.2) is 54.7 Å². The van der Waals surface area contributed by atoms with Crippen molar-refractivity contribution in [2.75, 3.05) is 5.32 Å². The van der Waals surface area contributed by atoms with Crippen LogP contribution < -0.4 is 16.8 Å². The average Bonchev–Trinajstić information content (AvgIpc) is 3.04. The van der Waals surface area contributed by atoms with Crippen LogP contribution in [0, 0.1) is 0 Å². The molecule has 5 N–H and O–H groups in total. The van der Waals surface area contributed by atoms with E-state index in [0.29, 0.717) is 0 Å². The fourth-order valence-corrected chi connectivity index (χ4v) is 2.86. The Labute approximate surface area is 163 Å². The van der Waals surface area contributed by atoms with Gasteiger partial charge in [-0.3, -0.25) is 10.1 Å². The number of nitrogens with two attached hydrogens (primary N) is 2. The Balaban J connectivity index is 1.88. The Morgan fingerprint density at radius 2 is 1.46 bits per heavy atom. The third kappa shape index (κ3) is 4.03. The molecule has 0 radical (unpaired) electrons.